The van der Waals surface area contributed by atoms with Gasteiger partial charge in [-0.3, -0.25) is 4.79 Å². The minimum absolute atomic E-state index is 0.159. The molecule has 2 aromatic carbocycles. The van der Waals surface area contributed by atoms with Crippen LogP contribution in [-0.2, 0) is 19.4 Å². The Labute approximate surface area is 173 Å². The topological polar surface area (TPSA) is 87.5 Å². The van der Waals surface area contributed by atoms with Crippen molar-refractivity contribution < 1.29 is 22.7 Å². The van der Waals surface area contributed by atoms with Crippen LogP contribution in [0.3, 0.4) is 0 Å². The molecular formula is C20H19ClN2O5S. The summed E-state index contributed by atoms with van der Waals surface area (Å²) in [6.45, 7) is 1.06. The number of carbonyl (C=O) groups is 1. The molecule has 0 N–H and O–H groups in total. The van der Waals surface area contributed by atoms with Crippen molar-refractivity contribution in [2.24, 2.45) is 0 Å². The van der Waals surface area contributed by atoms with Crippen LogP contribution in [-0.4, -0.2) is 43.6 Å². The SMILES string of the molecule is COc1ccc(-n2nccc2-c2ccc(S(=O)(=O)CCOC(C)=O)cc2)cc1Cl. The van der Waals surface area contributed by atoms with Gasteiger partial charge < -0.3 is 9.47 Å². The van der Waals surface area contributed by atoms with Crippen molar-refractivity contribution in [2.45, 2.75) is 11.8 Å². The molecule has 0 aliphatic rings. The summed E-state index contributed by atoms with van der Waals surface area (Å²) in [6.07, 6.45) is 1.65. The smallest absolute Gasteiger partial charge is 0.302 e. The van der Waals surface area contributed by atoms with Gasteiger partial charge in [0.1, 0.15) is 12.4 Å². The number of methoxy groups -OCH3 is 1. The molecule has 9 heteroatoms. The fraction of sp³-hybridized carbons (Fsp3) is 0.200. The number of carbonyl (C=O) groups excluding carboxylic acids is 1. The van der Waals surface area contributed by atoms with Crippen LogP contribution in [0.2, 0.25) is 5.02 Å². The number of aromatic nitrogens is 2. The highest BCUT2D eigenvalue weighted by Gasteiger charge is 2.16. The van der Waals surface area contributed by atoms with Crippen molar-refractivity contribution in [3.8, 4) is 22.7 Å². The minimum Gasteiger partial charge on any atom is -0.495 e. The van der Waals surface area contributed by atoms with Crippen molar-refractivity contribution in [2.75, 3.05) is 19.5 Å². The molecule has 0 unspecified atom stereocenters. The second kappa shape index (κ2) is 8.67. The maximum absolute atomic E-state index is 12.4. The Bertz CT molecular complexity index is 1120. The summed E-state index contributed by atoms with van der Waals surface area (Å²) in [5.74, 6) is -0.219. The summed E-state index contributed by atoms with van der Waals surface area (Å²) in [7, 11) is -2.00. The Morgan fingerprint density at radius 3 is 2.48 bits per heavy atom. The molecule has 0 saturated carbocycles. The zero-order valence-corrected chi connectivity index (χ0v) is 17.4. The lowest BCUT2D eigenvalue weighted by Gasteiger charge is -2.11. The van der Waals surface area contributed by atoms with E-state index in [1.807, 2.05) is 12.1 Å². The molecule has 3 aromatic rings. The zero-order chi connectivity index (χ0) is 21.0. The summed E-state index contributed by atoms with van der Waals surface area (Å²) in [5, 5.41) is 4.80. The molecule has 0 spiro atoms. The molecule has 1 aromatic heterocycles. The first-order valence-corrected chi connectivity index (χ1v) is 10.7. The molecule has 0 aliphatic heterocycles. The van der Waals surface area contributed by atoms with E-state index in [0.29, 0.717) is 10.8 Å². The van der Waals surface area contributed by atoms with Crippen LogP contribution in [0.25, 0.3) is 16.9 Å². The number of halogens is 1. The van der Waals surface area contributed by atoms with Crippen molar-refractivity contribution in [3.63, 3.8) is 0 Å². The van der Waals surface area contributed by atoms with Crippen LogP contribution in [0.5, 0.6) is 5.75 Å². The van der Waals surface area contributed by atoms with E-state index in [1.165, 1.54) is 19.1 Å². The Morgan fingerprint density at radius 1 is 1.14 bits per heavy atom. The Morgan fingerprint density at radius 2 is 1.86 bits per heavy atom. The maximum Gasteiger partial charge on any atom is 0.302 e. The second-order valence-electron chi connectivity index (χ2n) is 6.13. The number of nitrogens with zero attached hydrogens (tertiary/aromatic N) is 2. The van der Waals surface area contributed by atoms with Crippen LogP contribution in [0, 0.1) is 0 Å². The van der Waals surface area contributed by atoms with Gasteiger partial charge in [-0.15, -0.1) is 0 Å². The van der Waals surface area contributed by atoms with Gasteiger partial charge in [0.2, 0.25) is 0 Å². The standard InChI is InChI=1S/C20H19ClN2O5S/c1-14(24)28-11-12-29(25,26)17-6-3-15(4-7-17)19-9-10-22-23(19)16-5-8-20(27-2)18(21)13-16/h3-10,13H,11-12H2,1-2H3. The average Bonchev–Trinajstić information content (AvgIpc) is 3.17. The molecule has 1 heterocycles. The van der Waals surface area contributed by atoms with Crippen molar-refractivity contribution in [1.29, 1.82) is 0 Å². The van der Waals surface area contributed by atoms with Gasteiger partial charge in [-0.25, -0.2) is 13.1 Å². The number of hydrogen-bond acceptors (Lipinski definition) is 6. The first-order valence-electron chi connectivity index (χ1n) is 8.66. The maximum atomic E-state index is 12.4. The van der Waals surface area contributed by atoms with Crippen molar-refractivity contribution in [3.05, 3.63) is 59.8 Å². The number of sulfone groups is 1. The number of benzene rings is 2. The van der Waals surface area contributed by atoms with E-state index in [1.54, 1.807) is 42.3 Å². The third kappa shape index (κ3) is 4.78. The average molecular weight is 435 g/mol. The van der Waals surface area contributed by atoms with Gasteiger partial charge in [0.15, 0.2) is 9.84 Å². The van der Waals surface area contributed by atoms with Gasteiger partial charge in [0, 0.05) is 12.5 Å². The van der Waals surface area contributed by atoms with E-state index in [9.17, 15) is 13.2 Å². The molecule has 0 aliphatic carbocycles. The summed E-state index contributed by atoms with van der Waals surface area (Å²) < 4.78 is 36.3. The lowest BCUT2D eigenvalue weighted by molar-refractivity contribution is -0.140. The molecule has 0 fully saturated rings. The highest BCUT2D eigenvalue weighted by Crippen LogP contribution is 2.29. The summed E-state index contributed by atoms with van der Waals surface area (Å²) in [5.41, 5.74) is 2.30. The fourth-order valence-corrected chi connectivity index (χ4v) is 4.10. The predicted molar refractivity (Wildman–Crippen MR) is 109 cm³/mol. The lowest BCUT2D eigenvalue weighted by atomic mass is 10.1. The molecule has 0 saturated heterocycles. The largest absolute Gasteiger partial charge is 0.495 e. The Balaban J connectivity index is 1.86. The monoisotopic (exact) mass is 434 g/mol. The van der Waals surface area contributed by atoms with Crippen LogP contribution in [0.4, 0.5) is 0 Å². The van der Waals surface area contributed by atoms with Gasteiger partial charge in [-0.2, -0.15) is 5.10 Å². The van der Waals surface area contributed by atoms with Gasteiger partial charge in [-0.05, 0) is 36.4 Å². The molecule has 0 atom stereocenters. The van der Waals surface area contributed by atoms with Crippen molar-refractivity contribution >= 4 is 27.4 Å². The molecule has 3 rings (SSSR count). The van der Waals surface area contributed by atoms with Crippen LogP contribution < -0.4 is 4.74 Å². The number of esters is 1. The van der Waals surface area contributed by atoms with Gasteiger partial charge in [-0.1, -0.05) is 23.7 Å². The first-order chi connectivity index (χ1) is 13.8. The van der Waals surface area contributed by atoms with Gasteiger partial charge >= 0.3 is 5.97 Å². The molecule has 29 heavy (non-hydrogen) atoms. The van der Waals surface area contributed by atoms with Crippen molar-refractivity contribution in [1.82, 2.24) is 9.78 Å². The predicted octanol–water partition coefficient (Wildman–Crippen LogP) is 3.54. The Kier molecular flexibility index (Phi) is 6.24. The number of ether oxygens (including phenoxy) is 2. The molecule has 0 amide bonds. The summed E-state index contributed by atoms with van der Waals surface area (Å²) in [4.78, 5) is 11.0. The second-order valence-corrected chi connectivity index (χ2v) is 8.65. The summed E-state index contributed by atoms with van der Waals surface area (Å²) >= 11 is 6.21. The normalized spacial score (nSPS) is 11.3. The summed E-state index contributed by atoms with van der Waals surface area (Å²) in [6, 6.07) is 13.6. The lowest BCUT2D eigenvalue weighted by Crippen LogP contribution is -2.14. The fourth-order valence-electron chi connectivity index (χ4n) is 2.76. The van der Waals surface area contributed by atoms with E-state index in [-0.39, 0.29) is 17.3 Å². The molecular weight excluding hydrogens is 416 g/mol. The van der Waals surface area contributed by atoms with Crippen LogP contribution in [0.15, 0.2) is 59.6 Å². The van der Waals surface area contributed by atoms with E-state index in [2.05, 4.69) is 5.10 Å². The van der Waals surface area contributed by atoms with Crippen LogP contribution >= 0.6 is 11.6 Å². The molecule has 7 nitrogen and oxygen atoms in total. The van der Waals surface area contributed by atoms with E-state index < -0.39 is 15.8 Å². The van der Waals surface area contributed by atoms with Crippen LogP contribution in [0.1, 0.15) is 6.92 Å². The minimum atomic E-state index is -3.55. The Hall–Kier alpha value is -2.84. The molecule has 0 radical (unpaired) electrons. The number of rotatable bonds is 7. The van der Waals surface area contributed by atoms with E-state index >= 15 is 0 Å². The third-order valence-corrected chi connectivity index (χ3v) is 6.18. The van der Waals surface area contributed by atoms with Gasteiger partial charge in [0.25, 0.3) is 0 Å². The van der Waals surface area contributed by atoms with Gasteiger partial charge in [0.05, 0.1) is 40.4 Å². The molecule has 0 bridgehead atoms. The van der Waals surface area contributed by atoms with E-state index in [4.69, 9.17) is 21.1 Å². The third-order valence-electron chi connectivity index (χ3n) is 4.19. The zero-order valence-electron chi connectivity index (χ0n) is 15.8. The molecule has 152 valence electrons. The number of hydrogen-bond donors (Lipinski definition) is 0. The quantitative estimate of drug-likeness (QED) is 0.528. The first kappa shape index (κ1) is 20.9. The highest BCUT2D eigenvalue weighted by atomic mass is 35.5. The highest BCUT2D eigenvalue weighted by molar-refractivity contribution is 7.91. The van der Waals surface area contributed by atoms with E-state index in [0.717, 1.165) is 16.9 Å².